The first kappa shape index (κ1) is 15.8. The van der Waals surface area contributed by atoms with Crippen LogP contribution < -0.4 is 4.72 Å². The molecule has 0 radical (unpaired) electrons. The molecule has 0 spiro atoms. The molecule has 2 rings (SSSR count). The van der Waals surface area contributed by atoms with Crippen molar-refractivity contribution in [2.24, 2.45) is 0 Å². The van der Waals surface area contributed by atoms with Gasteiger partial charge >= 0.3 is 5.69 Å². The van der Waals surface area contributed by atoms with Gasteiger partial charge in [-0.3, -0.25) is 10.1 Å². The number of nitrogens with zero attached hydrogens (tertiary/aromatic N) is 1. The highest BCUT2D eigenvalue weighted by Gasteiger charge is 2.40. The molecule has 2 N–H and O–H groups in total. The molecule has 1 aromatic rings. The zero-order valence-electron chi connectivity index (χ0n) is 11.3. The molecule has 116 valence electrons. The number of aliphatic hydroxyl groups is 1. The number of nitro benzene ring substituents is 1. The Labute approximate surface area is 121 Å². The Morgan fingerprint density at radius 1 is 1.48 bits per heavy atom. The van der Waals surface area contributed by atoms with E-state index in [1.54, 1.807) is 0 Å². The van der Waals surface area contributed by atoms with E-state index in [2.05, 4.69) is 4.72 Å². The van der Waals surface area contributed by atoms with E-state index in [9.17, 15) is 28.0 Å². The molecule has 0 aliphatic heterocycles. The monoisotopic (exact) mass is 318 g/mol. The number of nitrogens with one attached hydrogen (secondary N) is 1. The summed E-state index contributed by atoms with van der Waals surface area (Å²) in [5.41, 5.74) is -1.94. The Morgan fingerprint density at radius 3 is 2.52 bits per heavy atom. The van der Waals surface area contributed by atoms with Crippen LogP contribution in [0.15, 0.2) is 17.0 Å². The number of benzene rings is 1. The van der Waals surface area contributed by atoms with E-state index in [0.29, 0.717) is 18.9 Å². The van der Waals surface area contributed by atoms with Crippen molar-refractivity contribution < 1.29 is 22.8 Å². The van der Waals surface area contributed by atoms with Gasteiger partial charge in [-0.2, -0.15) is 4.39 Å². The number of hydrogen-bond acceptors (Lipinski definition) is 5. The van der Waals surface area contributed by atoms with Gasteiger partial charge in [0.2, 0.25) is 15.8 Å². The number of hydrogen-bond donors (Lipinski definition) is 2. The Hall–Kier alpha value is -1.58. The van der Waals surface area contributed by atoms with Crippen LogP contribution in [0.3, 0.4) is 0 Å². The van der Waals surface area contributed by atoms with Crippen molar-refractivity contribution in [2.75, 3.05) is 6.61 Å². The number of halogens is 1. The van der Waals surface area contributed by atoms with Crippen molar-refractivity contribution in [2.45, 2.75) is 36.6 Å². The lowest BCUT2D eigenvalue weighted by Crippen LogP contribution is -2.55. The maximum absolute atomic E-state index is 13.6. The maximum Gasteiger partial charge on any atom is 0.306 e. The number of rotatable bonds is 5. The van der Waals surface area contributed by atoms with Crippen LogP contribution in [0.25, 0.3) is 0 Å². The fourth-order valence-corrected chi connectivity index (χ4v) is 3.80. The first-order valence-corrected chi connectivity index (χ1v) is 7.78. The molecular weight excluding hydrogens is 303 g/mol. The van der Waals surface area contributed by atoms with Gasteiger partial charge in [-0.05, 0) is 37.8 Å². The molecular formula is C12H15FN2O5S. The zero-order valence-corrected chi connectivity index (χ0v) is 12.1. The third-order valence-corrected chi connectivity index (χ3v) is 5.24. The lowest BCUT2D eigenvalue weighted by molar-refractivity contribution is -0.387. The molecule has 0 amide bonds. The summed E-state index contributed by atoms with van der Waals surface area (Å²) in [6.45, 7) is 0.904. The molecule has 7 nitrogen and oxygen atoms in total. The zero-order chi connectivity index (χ0) is 15.8. The molecule has 1 fully saturated rings. The second-order valence-corrected chi connectivity index (χ2v) is 6.91. The third-order valence-electron chi connectivity index (χ3n) is 3.68. The van der Waals surface area contributed by atoms with Crippen LogP contribution in [-0.4, -0.2) is 30.6 Å². The largest absolute Gasteiger partial charge is 0.394 e. The Balaban J connectivity index is 2.43. The summed E-state index contributed by atoms with van der Waals surface area (Å²) in [5, 5.41) is 20.1. The second kappa shape index (κ2) is 5.32. The molecule has 1 saturated carbocycles. The first-order chi connectivity index (χ1) is 9.71. The van der Waals surface area contributed by atoms with Gasteiger partial charge in [-0.25, -0.2) is 13.1 Å². The van der Waals surface area contributed by atoms with Crippen molar-refractivity contribution in [1.29, 1.82) is 0 Å². The average molecular weight is 318 g/mol. The topological polar surface area (TPSA) is 110 Å². The standard InChI is InChI=1S/C12H15FN2O5S/c1-8-5-9(6-10(11(8)13)15(17)18)21(19,20)14-12(7-16)3-2-4-12/h5-6,14,16H,2-4,7H2,1H3. The van der Waals surface area contributed by atoms with E-state index in [0.717, 1.165) is 12.5 Å². The van der Waals surface area contributed by atoms with Gasteiger partial charge in [0.05, 0.1) is 22.0 Å². The molecule has 1 aliphatic rings. The van der Waals surface area contributed by atoms with Gasteiger partial charge < -0.3 is 5.11 Å². The predicted octanol–water partition coefficient (Wildman–Crippen LogP) is 1.24. The van der Waals surface area contributed by atoms with Gasteiger partial charge in [0.15, 0.2) is 0 Å². The Bertz CT molecular complexity index is 680. The highest BCUT2D eigenvalue weighted by atomic mass is 32.2. The number of aryl methyl sites for hydroxylation is 1. The van der Waals surface area contributed by atoms with E-state index in [4.69, 9.17) is 0 Å². The minimum Gasteiger partial charge on any atom is -0.394 e. The smallest absolute Gasteiger partial charge is 0.306 e. The average Bonchev–Trinajstić information content (AvgIpc) is 2.36. The lowest BCUT2D eigenvalue weighted by Gasteiger charge is -2.40. The first-order valence-electron chi connectivity index (χ1n) is 6.30. The molecule has 9 heteroatoms. The summed E-state index contributed by atoms with van der Waals surface area (Å²) in [7, 11) is -4.07. The van der Waals surface area contributed by atoms with Crippen LogP contribution in [-0.2, 0) is 10.0 Å². The molecule has 0 atom stereocenters. The Morgan fingerprint density at radius 2 is 2.10 bits per heavy atom. The van der Waals surface area contributed by atoms with E-state index in [-0.39, 0.29) is 17.1 Å². The van der Waals surface area contributed by atoms with Crippen molar-refractivity contribution in [1.82, 2.24) is 4.72 Å². The van der Waals surface area contributed by atoms with E-state index >= 15 is 0 Å². The third kappa shape index (κ3) is 2.89. The van der Waals surface area contributed by atoms with E-state index in [1.807, 2.05) is 0 Å². The molecule has 1 aromatic carbocycles. The van der Waals surface area contributed by atoms with Crippen LogP contribution in [0.1, 0.15) is 24.8 Å². The summed E-state index contributed by atoms with van der Waals surface area (Å²) < 4.78 is 40.5. The minimum absolute atomic E-state index is 0.128. The van der Waals surface area contributed by atoms with Crippen molar-refractivity contribution in [3.05, 3.63) is 33.6 Å². The molecule has 0 aromatic heterocycles. The fourth-order valence-electron chi connectivity index (χ4n) is 2.25. The summed E-state index contributed by atoms with van der Waals surface area (Å²) in [6.07, 6.45) is 1.77. The highest BCUT2D eigenvalue weighted by molar-refractivity contribution is 7.89. The molecule has 0 heterocycles. The minimum atomic E-state index is -4.07. The normalized spacial score (nSPS) is 17.3. The van der Waals surface area contributed by atoms with E-state index < -0.39 is 32.0 Å². The van der Waals surface area contributed by atoms with Crippen LogP contribution in [0.4, 0.5) is 10.1 Å². The van der Waals surface area contributed by atoms with E-state index in [1.165, 1.54) is 6.92 Å². The quantitative estimate of drug-likeness (QED) is 0.627. The SMILES string of the molecule is Cc1cc(S(=O)(=O)NC2(CO)CCC2)cc([N+](=O)[O-])c1F. The van der Waals surface area contributed by atoms with Crippen LogP contribution in [0, 0.1) is 22.9 Å². The van der Waals surface area contributed by atoms with Crippen molar-refractivity contribution in [3.63, 3.8) is 0 Å². The molecule has 0 unspecified atom stereocenters. The van der Waals surface area contributed by atoms with Gasteiger partial charge in [-0.15, -0.1) is 0 Å². The van der Waals surface area contributed by atoms with Gasteiger partial charge in [0, 0.05) is 6.07 Å². The predicted molar refractivity (Wildman–Crippen MR) is 71.8 cm³/mol. The molecule has 0 bridgehead atoms. The molecule has 21 heavy (non-hydrogen) atoms. The Kier molecular flexibility index (Phi) is 4.00. The summed E-state index contributed by atoms with van der Waals surface area (Å²) in [4.78, 5) is 9.42. The second-order valence-electron chi connectivity index (χ2n) is 5.23. The van der Waals surface area contributed by atoms with Crippen LogP contribution >= 0.6 is 0 Å². The number of sulfonamides is 1. The van der Waals surface area contributed by atoms with Gasteiger partial charge in [0.25, 0.3) is 0 Å². The van der Waals surface area contributed by atoms with Crippen LogP contribution in [0.5, 0.6) is 0 Å². The van der Waals surface area contributed by atoms with Crippen LogP contribution in [0.2, 0.25) is 0 Å². The number of nitro groups is 1. The molecule has 1 aliphatic carbocycles. The lowest BCUT2D eigenvalue weighted by atomic mass is 9.78. The summed E-state index contributed by atoms with van der Waals surface area (Å²) in [6, 6.07) is 1.73. The van der Waals surface area contributed by atoms with Gasteiger partial charge in [0.1, 0.15) is 0 Å². The number of aliphatic hydroxyl groups excluding tert-OH is 1. The summed E-state index contributed by atoms with van der Waals surface area (Å²) in [5.74, 6) is -1.06. The van der Waals surface area contributed by atoms with Crippen molar-refractivity contribution >= 4 is 15.7 Å². The highest BCUT2D eigenvalue weighted by Crippen LogP contribution is 2.33. The fraction of sp³-hybridized carbons (Fsp3) is 0.500. The van der Waals surface area contributed by atoms with Gasteiger partial charge in [-0.1, -0.05) is 0 Å². The molecule has 0 saturated heterocycles. The summed E-state index contributed by atoms with van der Waals surface area (Å²) >= 11 is 0. The maximum atomic E-state index is 13.6. The van der Waals surface area contributed by atoms with Crippen molar-refractivity contribution in [3.8, 4) is 0 Å².